The van der Waals surface area contributed by atoms with Crippen molar-refractivity contribution >= 4 is 31.3 Å². The minimum absolute atomic E-state index is 0.0117. The van der Waals surface area contributed by atoms with E-state index in [4.69, 9.17) is 27.0 Å². The Labute approximate surface area is 116 Å². The van der Waals surface area contributed by atoms with Gasteiger partial charge in [-0.3, -0.25) is 0 Å². The molecule has 3 nitrogen and oxygen atoms in total. The van der Waals surface area contributed by atoms with Gasteiger partial charge in [0.2, 0.25) is 0 Å². The fraction of sp³-hybridized carbons (Fsp3) is 0.500. The van der Waals surface area contributed by atoms with Crippen molar-refractivity contribution < 1.29 is 13.2 Å². The van der Waals surface area contributed by atoms with Crippen LogP contribution in [0.15, 0.2) is 23.1 Å². The Balaban J connectivity index is 2.05. The van der Waals surface area contributed by atoms with Crippen LogP contribution in [0.5, 0.6) is 5.75 Å². The van der Waals surface area contributed by atoms with Gasteiger partial charge in [0.25, 0.3) is 9.05 Å². The van der Waals surface area contributed by atoms with Crippen molar-refractivity contribution in [3.05, 3.63) is 23.2 Å². The molecule has 0 saturated heterocycles. The second kappa shape index (κ2) is 5.68. The Bertz CT molecular complexity index is 522. The zero-order chi connectivity index (χ0) is 13.2. The Morgan fingerprint density at radius 3 is 2.50 bits per heavy atom. The maximum Gasteiger partial charge on any atom is 0.261 e. The number of benzene rings is 1. The van der Waals surface area contributed by atoms with Crippen molar-refractivity contribution in [1.82, 2.24) is 0 Å². The summed E-state index contributed by atoms with van der Waals surface area (Å²) in [5.41, 5.74) is 0. The number of hydrogen-bond acceptors (Lipinski definition) is 3. The molecule has 0 unspecified atom stereocenters. The molecule has 1 aromatic carbocycles. The zero-order valence-electron chi connectivity index (χ0n) is 9.73. The molecule has 100 valence electrons. The van der Waals surface area contributed by atoms with Crippen LogP contribution < -0.4 is 4.74 Å². The third-order valence-electron chi connectivity index (χ3n) is 3.13. The van der Waals surface area contributed by atoms with E-state index >= 15 is 0 Å². The number of hydrogen-bond donors (Lipinski definition) is 0. The summed E-state index contributed by atoms with van der Waals surface area (Å²) in [6.45, 7) is 0.632. The van der Waals surface area contributed by atoms with Gasteiger partial charge in [-0.05, 0) is 37.0 Å². The van der Waals surface area contributed by atoms with Crippen LogP contribution in [-0.4, -0.2) is 15.0 Å². The SMILES string of the molecule is O=S(=O)(Cl)c1ccc(OCC2CCCC2)c(Cl)c1. The molecule has 0 aromatic heterocycles. The lowest BCUT2D eigenvalue weighted by Crippen LogP contribution is -2.08. The average molecular weight is 309 g/mol. The molecule has 0 aliphatic heterocycles. The molecular weight excluding hydrogens is 295 g/mol. The molecule has 0 N–H and O–H groups in total. The van der Waals surface area contributed by atoms with E-state index in [1.54, 1.807) is 6.07 Å². The first-order valence-electron chi connectivity index (χ1n) is 5.84. The van der Waals surface area contributed by atoms with E-state index in [-0.39, 0.29) is 9.92 Å². The maximum atomic E-state index is 11.1. The second-order valence-electron chi connectivity index (χ2n) is 4.49. The lowest BCUT2D eigenvalue weighted by atomic mass is 10.1. The van der Waals surface area contributed by atoms with Gasteiger partial charge in [0.15, 0.2) is 0 Å². The van der Waals surface area contributed by atoms with E-state index in [0.29, 0.717) is 18.3 Å². The monoisotopic (exact) mass is 308 g/mol. The molecule has 0 atom stereocenters. The molecule has 0 spiro atoms. The second-order valence-corrected chi connectivity index (χ2v) is 7.46. The van der Waals surface area contributed by atoms with Gasteiger partial charge in [0.05, 0.1) is 16.5 Å². The first-order chi connectivity index (χ1) is 8.47. The highest BCUT2D eigenvalue weighted by Crippen LogP contribution is 2.31. The Morgan fingerprint density at radius 2 is 1.94 bits per heavy atom. The summed E-state index contributed by atoms with van der Waals surface area (Å²) >= 11 is 5.97. The van der Waals surface area contributed by atoms with Crippen LogP contribution >= 0.6 is 22.3 Å². The van der Waals surface area contributed by atoms with Crippen molar-refractivity contribution in [2.24, 2.45) is 5.92 Å². The Morgan fingerprint density at radius 1 is 1.28 bits per heavy atom. The van der Waals surface area contributed by atoms with Crippen LogP contribution in [-0.2, 0) is 9.05 Å². The maximum absolute atomic E-state index is 11.1. The first-order valence-corrected chi connectivity index (χ1v) is 8.52. The van der Waals surface area contributed by atoms with Gasteiger partial charge >= 0.3 is 0 Å². The van der Waals surface area contributed by atoms with Crippen LogP contribution in [0.4, 0.5) is 0 Å². The van der Waals surface area contributed by atoms with Crippen LogP contribution in [0.2, 0.25) is 5.02 Å². The third kappa shape index (κ3) is 3.53. The molecule has 1 saturated carbocycles. The van der Waals surface area contributed by atoms with Gasteiger partial charge in [-0.15, -0.1) is 0 Å². The highest BCUT2D eigenvalue weighted by molar-refractivity contribution is 8.13. The van der Waals surface area contributed by atoms with Crippen LogP contribution in [0.25, 0.3) is 0 Å². The summed E-state index contributed by atoms with van der Waals surface area (Å²) in [6, 6.07) is 4.26. The van der Waals surface area contributed by atoms with E-state index in [0.717, 1.165) is 0 Å². The van der Waals surface area contributed by atoms with Gasteiger partial charge in [0, 0.05) is 10.7 Å². The highest BCUT2D eigenvalue weighted by atomic mass is 35.7. The normalized spacial score (nSPS) is 17.0. The van der Waals surface area contributed by atoms with E-state index in [2.05, 4.69) is 0 Å². The molecule has 6 heteroatoms. The van der Waals surface area contributed by atoms with E-state index < -0.39 is 9.05 Å². The summed E-state index contributed by atoms with van der Waals surface area (Å²) in [5, 5.41) is 0.273. The van der Waals surface area contributed by atoms with E-state index in [1.807, 2.05) is 0 Å². The highest BCUT2D eigenvalue weighted by Gasteiger charge is 2.17. The van der Waals surface area contributed by atoms with Gasteiger partial charge < -0.3 is 4.74 Å². The van der Waals surface area contributed by atoms with Crippen LogP contribution in [0.1, 0.15) is 25.7 Å². The fourth-order valence-electron chi connectivity index (χ4n) is 2.13. The number of ether oxygens (including phenoxy) is 1. The lowest BCUT2D eigenvalue weighted by Gasteiger charge is -2.12. The van der Waals surface area contributed by atoms with E-state index in [1.165, 1.54) is 37.8 Å². The van der Waals surface area contributed by atoms with Crippen LogP contribution in [0, 0.1) is 5.92 Å². The minimum atomic E-state index is -3.74. The molecule has 0 bridgehead atoms. The Kier molecular flexibility index (Phi) is 4.41. The summed E-state index contributed by atoms with van der Waals surface area (Å²) in [6.07, 6.45) is 4.88. The molecule has 0 radical (unpaired) electrons. The molecule has 1 aromatic rings. The largest absolute Gasteiger partial charge is 0.492 e. The van der Waals surface area contributed by atoms with E-state index in [9.17, 15) is 8.42 Å². The zero-order valence-corrected chi connectivity index (χ0v) is 12.1. The molecule has 2 rings (SSSR count). The molecule has 0 heterocycles. The molecule has 1 fully saturated rings. The first kappa shape index (κ1) is 14.0. The number of rotatable bonds is 4. The van der Waals surface area contributed by atoms with Crippen LogP contribution in [0.3, 0.4) is 0 Å². The Hall–Kier alpha value is -0.450. The topological polar surface area (TPSA) is 43.4 Å². The van der Waals surface area contributed by atoms with Crippen molar-refractivity contribution in [3.8, 4) is 5.75 Å². The summed E-state index contributed by atoms with van der Waals surface area (Å²) in [4.78, 5) is -0.0117. The molecule has 18 heavy (non-hydrogen) atoms. The van der Waals surface area contributed by atoms with Gasteiger partial charge in [0.1, 0.15) is 5.75 Å². The fourth-order valence-corrected chi connectivity index (χ4v) is 3.21. The number of halogens is 2. The third-order valence-corrected chi connectivity index (χ3v) is 4.78. The molecule has 0 amide bonds. The summed E-state index contributed by atoms with van der Waals surface area (Å²) in [7, 11) is 1.50. The van der Waals surface area contributed by atoms with Crippen molar-refractivity contribution in [2.75, 3.05) is 6.61 Å². The predicted octanol–water partition coefficient (Wildman–Crippen LogP) is 3.84. The van der Waals surface area contributed by atoms with Crippen molar-refractivity contribution in [3.63, 3.8) is 0 Å². The quantitative estimate of drug-likeness (QED) is 0.794. The van der Waals surface area contributed by atoms with Crippen molar-refractivity contribution in [2.45, 2.75) is 30.6 Å². The lowest BCUT2D eigenvalue weighted by molar-refractivity contribution is 0.252. The van der Waals surface area contributed by atoms with Gasteiger partial charge in [-0.1, -0.05) is 24.4 Å². The standard InChI is InChI=1S/C12H14Cl2O3S/c13-11-7-10(18(14,15)16)5-6-12(11)17-8-9-3-1-2-4-9/h5-7,9H,1-4,8H2. The van der Waals surface area contributed by atoms with Gasteiger partial charge in [-0.25, -0.2) is 8.42 Å². The van der Waals surface area contributed by atoms with Crippen molar-refractivity contribution in [1.29, 1.82) is 0 Å². The van der Waals surface area contributed by atoms with Gasteiger partial charge in [-0.2, -0.15) is 0 Å². The smallest absolute Gasteiger partial charge is 0.261 e. The predicted molar refractivity (Wildman–Crippen MR) is 71.9 cm³/mol. The average Bonchev–Trinajstić information content (AvgIpc) is 2.79. The summed E-state index contributed by atoms with van der Waals surface area (Å²) in [5.74, 6) is 1.09. The summed E-state index contributed by atoms with van der Waals surface area (Å²) < 4.78 is 27.9. The molecule has 1 aliphatic rings. The minimum Gasteiger partial charge on any atom is -0.492 e. The molecule has 1 aliphatic carbocycles. The molecular formula is C12H14Cl2O3S.